The lowest BCUT2D eigenvalue weighted by Crippen LogP contribution is -1.96. The zero-order valence-corrected chi connectivity index (χ0v) is 9.39. The second-order valence-electron chi connectivity index (χ2n) is 3.59. The van der Waals surface area contributed by atoms with E-state index in [9.17, 15) is 4.39 Å². The summed E-state index contributed by atoms with van der Waals surface area (Å²) in [6.07, 6.45) is 4.85. The van der Waals surface area contributed by atoms with Gasteiger partial charge < -0.3 is 0 Å². The molecule has 3 aromatic rings. The molecule has 0 spiro atoms. The third-order valence-electron chi connectivity index (χ3n) is 2.50. The third-order valence-corrected chi connectivity index (χ3v) is 2.80. The van der Waals surface area contributed by atoms with Crippen molar-refractivity contribution in [3.8, 4) is 5.69 Å². The number of nitrogens with zero attached hydrogens (tertiary/aromatic N) is 3. The van der Waals surface area contributed by atoms with Crippen LogP contribution in [0.5, 0.6) is 0 Å². The molecule has 0 atom stereocenters. The van der Waals surface area contributed by atoms with Crippen LogP contribution in [0.2, 0.25) is 5.02 Å². The Balaban J connectivity index is 2.28. The summed E-state index contributed by atoms with van der Waals surface area (Å²) in [7, 11) is 0. The van der Waals surface area contributed by atoms with Crippen molar-refractivity contribution >= 4 is 22.5 Å². The number of rotatable bonds is 1. The molecule has 0 aliphatic heterocycles. The van der Waals surface area contributed by atoms with E-state index in [-0.39, 0.29) is 5.82 Å². The molecule has 0 saturated heterocycles. The minimum absolute atomic E-state index is 0.305. The van der Waals surface area contributed by atoms with Crippen LogP contribution in [0, 0.1) is 5.82 Å². The van der Waals surface area contributed by atoms with E-state index in [0.717, 1.165) is 10.9 Å². The number of fused-ring (bicyclic) bond motifs is 1. The van der Waals surface area contributed by atoms with Crippen molar-refractivity contribution in [2.75, 3.05) is 0 Å². The van der Waals surface area contributed by atoms with Gasteiger partial charge in [0.15, 0.2) is 0 Å². The molecule has 2 heterocycles. The van der Waals surface area contributed by atoms with Gasteiger partial charge in [-0.15, -0.1) is 0 Å². The van der Waals surface area contributed by atoms with Gasteiger partial charge in [-0.1, -0.05) is 17.7 Å². The minimum Gasteiger partial charge on any atom is -0.261 e. The number of hydrogen-bond donors (Lipinski definition) is 0. The summed E-state index contributed by atoms with van der Waals surface area (Å²) < 4.78 is 14.8. The van der Waals surface area contributed by atoms with Crippen LogP contribution in [0.25, 0.3) is 16.6 Å². The highest BCUT2D eigenvalue weighted by molar-refractivity contribution is 6.35. The monoisotopic (exact) mass is 247 g/mol. The largest absolute Gasteiger partial charge is 0.261 e. The molecule has 17 heavy (non-hydrogen) atoms. The summed E-state index contributed by atoms with van der Waals surface area (Å²) in [5.74, 6) is -0.305. The molecule has 0 N–H and O–H groups in total. The van der Waals surface area contributed by atoms with Crippen LogP contribution in [-0.2, 0) is 0 Å². The normalized spacial score (nSPS) is 10.9. The molecule has 0 unspecified atom stereocenters. The number of benzene rings is 1. The highest BCUT2D eigenvalue weighted by atomic mass is 35.5. The van der Waals surface area contributed by atoms with E-state index in [0.29, 0.717) is 10.7 Å². The first-order valence-corrected chi connectivity index (χ1v) is 5.37. The molecule has 0 saturated carbocycles. The highest BCUT2D eigenvalue weighted by Gasteiger charge is 2.08. The Morgan fingerprint density at radius 3 is 2.88 bits per heavy atom. The lowest BCUT2D eigenvalue weighted by atomic mass is 10.3. The van der Waals surface area contributed by atoms with Gasteiger partial charge in [0, 0.05) is 11.6 Å². The Morgan fingerprint density at radius 1 is 1.18 bits per heavy atom. The van der Waals surface area contributed by atoms with Gasteiger partial charge in [0.25, 0.3) is 0 Å². The number of hydrogen-bond acceptors (Lipinski definition) is 2. The Kier molecular flexibility index (Phi) is 2.30. The SMILES string of the molecule is Fc1cccc(-n2ncc3c(Cl)cncc32)c1. The zero-order chi connectivity index (χ0) is 11.8. The van der Waals surface area contributed by atoms with E-state index in [4.69, 9.17) is 11.6 Å². The summed E-state index contributed by atoms with van der Waals surface area (Å²) in [6.45, 7) is 0. The van der Waals surface area contributed by atoms with E-state index in [2.05, 4.69) is 10.1 Å². The van der Waals surface area contributed by atoms with Gasteiger partial charge in [0.05, 0.1) is 28.6 Å². The fourth-order valence-corrected chi connectivity index (χ4v) is 1.92. The van der Waals surface area contributed by atoms with Crippen LogP contribution >= 0.6 is 11.6 Å². The molecule has 0 radical (unpaired) electrons. The molecule has 3 nitrogen and oxygen atoms in total. The van der Waals surface area contributed by atoms with E-state index in [1.807, 2.05) is 0 Å². The number of pyridine rings is 1. The predicted octanol–water partition coefficient (Wildman–Crippen LogP) is 3.21. The maximum absolute atomic E-state index is 13.2. The molecule has 0 amide bonds. The first-order valence-electron chi connectivity index (χ1n) is 4.99. The van der Waals surface area contributed by atoms with E-state index in [1.165, 1.54) is 12.1 Å². The van der Waals surface area contributed by atoms with E-state index >= 15 is 0 Å². The summed E-state index contributed by atoms with van der Waals surface area (Å²) in [5.41, 5.74) is 1.40. The van der Waals surface area contributed by atoms with Gasteiger partial charge in [-0.05, 0) is 18.2 Å². The van der Waals surface area contributed by atoms with Gasteiger partial charge in [0.2, 0.25) is 0 Å². The maximum atomic E-state index is 13.2. The Hall–Kier alpha value is -1.94. The summed E-state index contributed by atoms with van der Waals surface area (Å²) in [4.78, 5) is 4.01. The molecule has 2 aromatic heterocycles. The molecule has 0 aliphatic carbocycles. The fourth-order valence-electron chi connectivity index (χ4n) is 1.72. The van der Waals surface area contributed by atoms with Crippen LogP contribution in [0.3, 0.4) is 0 Å². The summed E-state index contributed by atoms with van der Waals surface area (Å²) in [6, 6.07) is 6.21. The molecular formula is C12H7ClFN3. The van der Waals surface area contributed by atoms with Crippen molar-refractivity contribution in [3.63, 3.8) is 0 Å². The maximum Gasteiger partial charge on any atom is 0.125 e. The van der Waals surface area contributed by atoms with Crippen molar-refractivity contribution in [3.05, 3.63) is 53.7 Å². The molecule has 0 fully saturated rings. The molecule has 1 aromatic carbocycles. The van der Waals surface area contributed by atoms with Gasteiger partial charge in [0.1, 0.15) is 5.82 Å². The lowest BCUT2D eigenvalue weighted by Gasteiger charge is -2.03. The van der Waals surface area contributed by atoms with Crippen LogP contribution in [0.15, 0.2) is 42.9 Å². The van der Waals surface area contributed by atoms with Gasteiger partial charge in [-0.3, -0.25) is 4.98 Å². The lowest BCUT2D eigenvalue weighted by molar-refractivity contribution is 0.626. The fraction of sp³-hybridized carbons (Fsp3) is 0. The van der Waals surface area contributed by atoms with Crippen molar-refractivity contribution < 1.29 is 4.39 Å². The summed E-state index contributed by atoms with van der Waals surface area (Å²) in [5, 5.41) is 5.52. The third kappa shape index (κ3) is 1.66. The zero-order valence-electron chi connectivity index (χ0n) is 8.64. The van der Waals surface area contributed by atoms with Crippen LogP contribution in [0.1, 0.15) is 0 Å². The standard InChI is InChI=1S/C12H7ClFN3/c13-11-6-15-7-12-10(11)5-16-17(12)9-3-1-2-8(14)4-9/h1-7H. The van der Waals surface area contributed by atoms with Crippen molar-refractivity contribution in [1.82, 2.24) is 14.8 Å². The Bertz CT molecular complexity index is 693. The average molecular weight is 248 g/mol. The van der Waals surface area contributed by atoms with Crippen molar-refractivity contribution in [2.24, 2.45) is 0 Å². The highest BCUT2D eigenvalue weighted by Crippen LogP contribution is 2.23. The quantitative estimate of drug-likeness (QED) is 0.661. The molecular weight excluding hydrogens is 241 g/mol. The van der Waals surface area contributed by atoms with Crippen LogP contribution < -0.4 is 0 Å². The van der Waals surface area contributed by atoms with Crippen molar-refractivity contribution in [1.29, 1.82) is 0 Å². The Morgan fingerprint density at radius 2 is 2.06 bits per heavy atom. The molecule has 5 heteroatoms. The predicted molar refractivity (Wildman–Crippen MR) is 63.8 cm³/mol. The van der Waals surface area contributed by atoms with Gasteiger partial charge in [-0.2, -0.15) is 5.10 Å². The molecule has 0 aliphatic rings. The smallest absolute Gasteiger partial charge is 0.125 e. The Labute approximate surface area is 101 Å². The molecule has 3 rings (SSSR count). The van der Waals surface area contributed by atoms with E-state index < -0.39 is 0 Å². The number of aromatic nitrogens is 3. The van der Waals surface area contributed by atoms with Crippen molar-refractivity contribution in [2.45, 2.75) is 0 Å². The van der Waals surface area contributed by atoms with Crippen LogP contribution in [0.4, 0.5) is 4.39 Å². The second-order valence-corrected chi connectivity index (χ2v) is 4.00. The first kappa shape index (κ1) is 10.2. The number of halogens is 2. The summed E-state index contributed by atoms with van der Waals surface area (Å²) >= 11 is 6.00. The first-order chi connectivity index (χ1) is 8.25. The van der Waals surface area contributed by atoms with Gasteiger partial charge >= 0.3 is 0 Å². The minimum atomic E-state index is -0.305. The molecule has 84 valence electrons. The van der Waals surface area contributed by atoms with Crippen LogP contribution in [-0.4, -0.2) is 14.8 Å². The van der Waals surface area contributed by atoms with Gasteiger partial charge in [-0.25, -0.2) is 9.07 Å². The molecule has 0 bridgehead atoms. The second kappa shape index (κ2) is 3.82. The average Bonchev–Trinajstić information content (AvgIpc) is 2.74. The topological polar surface area (TPSA) is 30.7 Å². The van der Waals surface area contributed by atoms with E-state index in [1.54, 1.807) is 35.4 Å².